The van der Waals surface area contributed by atoms with Gasteiger partial charge in [0.25, 0.3) is 11.8 Å². The fraction of sp³-hybridized carbons (Fsp3) is 0.125. The summed E-state index contributed by atoms with van der Waals surface area (Å²) < 4.78 is 13.5. The van der Waals surface area contributed by atoms with Crippen LogP contribution in [0.25, 0.3) is 22.8 Å². The molecule has 5 rings (SSSR count). The zero-order valence-electron chi connectivity index (χ0n) is 17.3. The molecule has 0 radical (unpaired) electrons. The molecule has 8 nitrogen and oxygen atoms in total. The molecule has 3 amide bonds. The van der Waals surface area contributed by atoms with Crippen LogP contribution < -0.4 is 16.0 Å². The average molecular weight is 446 g/mol. The van der Waals surface area contributed by atoms with Crippen molar-refractivity contribution in [1.82, 2.24) is 10.3 Å². The van der Waals surface area contributed by atoms with Crippen LogP contribution in [0.3, 0.4) is 0 Å². The average Bonchev–Trinajstić information content (AvgIpc) is 3.32. The Balaban J connectivity index is 1.65. The lowest BCUT2D eigenvalue weighted by atomic mass is 9.95. The Labute approximate surface area is 187 Å². The maximum Gasteiger partial charge on any atom is 0.256 e. The van der Waals surface area contributed by atoms with Crippen LogP contribution in [0.2, 0.25) is 0 Å². The van der Waals surface area contributed by atoms with Crippen LogP contribution in [-0.2, 0) is 16.0 Å². The van der Waals surface area contributed by atoms with Gasteiger partial charge in [-0.25, -0.2) is 4.39 Å². The zero-order valence-corrected chi connectivity index (χ0v) is 17.3. The quantitative estimate of drug-likeness (QED) is 0.395. The van der Waals surface area contributed by atoms with Gasteiger partial charge in [0.05, 0.1) is 11.1 Å². The Hall–Kier alpha value is -4.24. The first-order chi connectivity index (χ1) is 15.9. The summed E-state index contributed by atoms with van der Waals surface area (Å²) in [6.07, 6.45) is 2.25. The number of H-pyrrole nitrogens is 1. The molecule has 2 aromatic carbocycles. The Morgan fingerprint density at radius 3 is 2.64 bits per heavy atom. The van der Waals surface area contributed by atoms with Crippen molar-refractivity contribution in [3.8, 4) is 11.1 Å². The molecule has 9 heteroatoms. The molecule has 0 spiro atoms. The van der Waals surface area contributed by atoms with Gasteiger partial charge in [-0.3, -0.25) is 14.4 Å². The van der Waals surface area contributed by atoms with Crippen molar-refractivity contribution in [3.05, 3.63) is 70.8 Å². The minimum atomic E-state index is -0.659. The van der Waals surface area contributed by atoms with E-state index in [2.05, 4.69) is 20.9 Å². The second-order valence-electron chi connectivity index (χ2n) is 7.76. The summed E-state index contributed by atoms with van der Waals surface area (Å²) >= 11 is 0. The van der Waals surface area contributed by atoms with E-state index in [-0.39, 0.29) is 11.8 Å². The fourth-order valence-electron chi connectivity index (χ4n) is 4.18. The van der Waals surface area contributed by atoms with Crippen molar-refractivity contribution in [2.24, 2.45) is 0 Å². The van der Waals surface area contributed by atoms with Crippen LogP contribution in [0.5, 0.6) is 0 Å². The third-order valence-corrected chi connectivity index (χ3v) is 5.65. The van der Waals surface area contributed by atoms with Crippen molar-refractivity contribution < 1.29 is 23.9 Å². The Morgan fingerprint density at radius 1 is 1.09 bits per heavy atom. The molecule has 5 N–H and O–H groups in total. The highest BCUT2D eigenvalue weighted by atomic mass is 19.1. The molecule has 2 aliphatic rings. The van der Waals surface area contributed by atoms with Gasteiger partial charge >= 0.3 is 0 Å². The van der Waals surface area contributed by atoms with Crippen molar-refractivity contribution in [1.29, 1.82) is 0 Å². The van der Waals surface area contributed by atoms with Gasteiger partial charge in [-0.05, 0) is 42.0 Å². The Kier molecular flexibility index (Phi) is 5.02. The highest BCUT2D eigenvalue weighted by Gasteiger charge is 2.29. The number of hydrogen-bond donors (Lipinski definition) is 5. The number of anilines is 2. The fourth-order valence-corrected chi connectivity index (χ4v) is 4.18. The molecule has 0 saturated carbocycles. The molecule has 0 saturated heterocycles. The Morgan fingerprint density at radius 2 is 1.88 bits per heavy atom. The lowest BCUT2D eigenvalue weighted by Crippen LogP contribution is -2.31. The van der Waals surface area contributed by atoms with Crippen LogP contribution in [0, 0.1) is 5.82 Å². The number of amides is 3. The standard InChI is InChI=1S/C24H19FN4O4/c25-13-3-1-12(2-4-13)21-19(28-18-7-8-26-24(33)22(18)21)10-16-15-9-14(27-20(31)11-30)5-6-17(15)29-23(16)32/h1-6,9-10,28,30H,7-8,11H2,(H,26,33)(H,27,31)(H,29,32). The summed E-state index contributed by atoms with van der Waals surface area (Å²) in [5.74, 6) is -1.53. The SMILES string of the molecule is O=C(CO)Nc1ccc2c(c1)C(=Cc1[nH]c3c(c1-c1ccc(F)cc1)C(=O)NCC3)C(=O)N2. The molecule has 33 heavy (non-hydrogen) atoms. The molecule has 0 unspecified atom stereocenters. The van der Waals surface area contributed by atoms with Gasteiger partial charge in [0.1, 0.15) is 12.4 Å². The zero-order chi connectivity index (χ0) is 23.1. The van der Waals surface area contributed by atoms with Crippen LogP contribution in [-0.4, -0.2) is 41.0 Å². The number of aromatic amines is 1. The lowest BCUT2D eigenvalue weighted by molar-refractivity contribution is -0.118. The number of aliphatic hydroxyl groups is 1. The van der Waals surface area contributed by atoms with E-state index in [9.17, 15) is 18.8 Å². The van der Waals surface area contributed by atoms with Crippen molar-refractivity contribution in [2.75, 3.05) is 23.8 Å². The molecule has 166 valence electrons. The predicted octanol–water partition coefficient (Wildman–Crippen LogP) is 2.53. The first-order valence-corrected chi connectivity index (χ1v) is 10.3. The first kappa shape index (κ1) is 20.7. The van der Waals surface area contributed by atoms with Crippen molar-refractivity contribution >= 4 is 40.7 Å². The van der Waals surface area contributed by atoms with E-state index in [1.807, 2.05) is 0 Å². The van der Waals surface area contributed by atoms with Crippen LogP contribution in [0.1, 0.15) is 27.3 Å². The first-order valence-electron chi connectivity index (χ1n) is 10.3. The van der Waals surface area contributed by atoms with Gasteiger partial charge in [0.2, 0.25) is 5.91 Å². The van der Waals surface area contributed by atoms with E-state index in [1.54, 1.807) is 36.4 Å². The smallest absolute Gasteiger partial charge is 0.256 e. The molecule has 0 atom stereocenters. The summed E-state index contributed by atoms with van der Waals surface area (Å²) in [6, 6.07) is 10.7. The maximum atomic E-state index is 13.5. The van der Waals surface area contributed by atoms with E-state index in [0.717, 1.165) is 5.69 Å². The van der Waals surface area contributed by atoms with Gasteiger partial charge in [-0.2, -0.15) is 0 Å². The predicted molar refractivity (Wildman–Crippen MR) is 121 cm³/mol. The molecule has 2 aliphatic heterocycles. The van der Waals surface area contributed by atoms with Crippen molar-refractivity contribution in [2.45, 2.75) is 6.42 Å². The molecular weight excluding hydrogens is 427 g/mol. The molecule has 0 aliphatic carbocycles. The summed E-state index contributed by atoms with van der Waals surface area (Å²) in [5.41, 5.74) is 4.90. The highest BCUT2D eigenvalue weighted by Crippen LogP contribution is 2.38. The van der Waals surface area contributed by atoms with E-state index >= 15 is 0 Å². The normalized spacial score (nSPS) is 15.6. The summed E-state index contributed by atoms with van der Waals surface area (Å²) in [6.45, 7) is -0.170. The largest absolute Gasteiger partial charge is 0.387 e. The Bertz CT molecular complexity index is 1340. The molecule has 0 fully saturated rings. The van der Waals surface area contributed by atoms with Gasteiger partial charge in [0, 0.05) is 46.9 Å². The summed E-state index contributed by atoms with van der Waals surface area (Å²) in [4.78, 5) is 40.3. The maximum absolute atomic E-state index is 13.5. The number of aliphatic hydroxyl groups excluding tert-OH is 1. The number of carbonyl (C=O) groups is 3. The van der Waals surface area contributed by atoms with Crippen LogP contribution >= 0.6 is 0 Å². The number of carbonyl (C=O) groups excluding carboxylic acids is 3. The summed E-state index contributed by atoms with van der Waals surface area (Å²) in [5, 5.41) is 17.2. The van der Waals surface area contributed by atoms with Crippen LogP contribution in [0.4, 0.5) is 15.8 Å². The van der Waals surface area contributed by atoms with Gasteiger partial charge in [0.15, 0.2) is 0 Å². The molecular formula is C24H19FN4O4. The molecule has 0 bridgehead atoms. The molecule has 3 heterocycles. The number of fused-ring (bicyclic) bond motifs is 2. The second-order valence-corrected chi connectivity index (χ2v) is 7.76. The van der Waals surface area contributed by atoms with Gasteiger partial charge in [-0.15, -0.1) is 0 Å². The monoisotopic (exact) mass is 446 g/mol. The van der Waals surface area contributed by atoms with Gasteiger partial charge < -0.3 is 26.0 Å². The third-order valence-electron chi connectivity index (χ3n) is 5.65. The third kappa shape index (κ3) is 3.68. The van der Waals surface area contributed by atoms with Crippen LogP contribution in [0.15, 0.2) is 42.5 Å². The second kappa shape index (κ2) is 8.03. The number of aromatic nitrogens is 1. The minimum absolute atomic E-state index is 0.234. The number of halogens is 1. The molecule has 1 aromatic heterocycles. The van der Waals surface area contributed by atoms with Gasteiger partial charge in [-0.1, -0.05) is 12.1 Å². The number of benzene rings is 2. The van der Waals surface area contributed by atoms with E-state index in [0.29, 0.717) is 57.9 Å². The minimum Gasteiger partial charge on any atom is -0.387 e. The topological polar surface area (TPSA) is 123 Å². The number of nitrogens with one attached hydrogen (secondary N) is 4. The van der Waals surface area contributed by atoms with E-state index in [4.69, 9.17) is 5.11 Å². The highest BCUT2D eigenvalue weighted by molar-refractivity contribution is 6.35. The lowest BCUT2D eigenvalue weighted by Gasteiger charge is -2.14. The number of rotatable bonds is 4. The van der Waals surface area contributed by atoms with E-state index in [1.165, 1.54) is 12.1 Å². The summed E-state index contributed by atoms with van der Waals surface area (Å²) in [7, 11) is 0. The molecule has 3 aromatic rings. The van der Waals surface area contributed by atoms with Crippen molar-refractivity contribution in [3.63, 3.8) is 0 Å². The van der Waals surface area contributed by atoms with E-state index < -0.39 is 18.3 Å². The number of hydrogen-bond acceptors (Lipinski definition) is 4.